The van der Waals surface area contributed by atoms with E-state index in [1.54, 1.807) is 18.4 Å². The Morgan fingerprint density at radius 3 is 2.86 bits per heavy atom. The second-order valence-corrected chi connectivity index (χ2v) is 7.32. The molecule has 0 spiro atoms. The van der Waals surface area contributed by atoms with Gasteiger partial charge in [0.15, 0.2) is 0 Å². The fourth-order valence-electron chi connectivity index (χ4n) is 2.51. The fraction of sp³-hybridized carbons (Fsp3) is 0.312. The van der Waals surface area contributed by atoms with Gasteiger partial charge in [-0.15, -0.1) is 0 Å². The second-order valence-electron chi connectivity index (χ2n) is 6.00. The maximum absolute atomic E-state index is 12.3. The van der Waals surface area contributed by atoms with Crippen LogP contribution < -0.4 is 15.4 Å². The predicted octanol–water partition coefficient (Wildman–Crippen LogP) is 3.47. The van der Waals surface area contributed by atoms with Crippen molar-refractivity contribution in [3.05, 3.63) is 47.7 Å². The van der Waals surface area contributed by atoms with Crippen molar-refractivity contribution in [1.82, 2.24) is 5.32 Å². The third-order valence-corrected chi connectivity index (χ3v) is 4.39. The van der Waals surface area contributed by atoms with E-state index in [2.05, 4.69) is 24.5 Å². The van der Waals surface area contributed by atoms with Crippen LogP contribution in [-0.4, -0.2) is 17.0 Å². The Morgan fingerprint density at radius 1 is 1.36 bits per heavy atom. The molecule has 0 atom stereocenters. The maximum Gasteiger partial charge on any atom is 0.256 e. The van der Waals surface area contributed by atoms with Gasteiger partial charge in [0.2, 0.25) is 4.46 Å². The van der Waals surface area contributed by atoms with Gasteiger partial charge in [0.1, 0.15) is 5.75 Å². The Bertz CT molecular complexity index is 693. The molecule has 22 heavy (non-hydrogen) atoms. The molecule has 0 fully saturated rings. The van der Waals surface area contributed by atoms with Gasteiger partial charge < -0.3 is 15.4 Å². The number of halogens is 2. The van der Waals surface area contributed by atoms with E-state index < -0.39 is 4.46 Å². The predicted molar refractivity (Wildman–Crippen MR) is 88.4 cm³/mol. The van der Waals surface area contributed by atoms with Crippen LogP contribution in [0.25, 0.3) is 0 Å². The van der Waals surface area contributed by atoms with Crippen LogP contribution in [0.2, 0.25) is 0 Å². The third-order valence-electron chi connectivity index (χ3n) is 3.76. The number of amides is 1. The van der Waals surface area contributed by atoms with E-state index in [0.29, 0.717) is 12.3 Å². The summed E-state index contributed by atoms with van der Waals surface area (Å²) in [5, 5.41) is 5.52. The van der Waals surface area contributed by atoms with Crippen molar-refractivity contribution in [1.29, 1.82) is 0 Å². The first kappa shape index (κ1) is 15.3. The number of fused-ring (bicyclic) bond motifs is 1. The molecule has 0 bridgehead atoms. The lowest BCUT2D eigenvalue weighted by molar-refractivity contribution is -0.113. The van der Waals surface area contributed by atoms with Crippen LogP contribution in [0.1, 0.15) is 19.4 Å². The van der Waals surface area contributed by atoms with E-state index in [4.69, 9.17) is 27.9 Å². The van der Waals surface area contributed by atoms with E-state index >= 15 is 0 Å². The van der Waals surface area contributed by atoms with E-state index in [1.807, 2.05) is 18.2 Å². The van der Waals surface area contributed by atoms with E-state index in [9.17, 15) is 4.79 Å². The highest BCUT2D eigenvalue weighted by Crippen LogP contribution is 2.40. The summed E-state index contributed by atoms with van der Waals surface area (Å²) in [6, 6.07) is 5.64. The highest BCUT2D eigenvalue weighted by molar-refractivity contribution is 6.52. The molecule has 1 amide bonds. The molecule has 2 aliphatic rings. The number of anilines is 1. The minimum absolute atomic E-state index is 0.0140. The van der Waals surface area contributed by atoms with Crippen molar-refractivity contribution < 1.29 is 9.53 Å². The van der Waals surface area contributed by atoms with Crippen molar-refractivity contribution in [2.45, 2.75) is 23.7 Å². The van der Waals surface area contributed by atoms with Gasteiger partial charge in [-0.25, -0.2) is 0 Å². The molecule has 0 aromatic heterocycles. The lowest BCUT2D eigenvalue weighted by Gasteiger charge is -2.25. The number of carbonyl (C=O) groups excluding carboxylic acids is 1. The molecular formula is C16H16Cl2N2O2. The molecule has 0 saturated heterocycles. The number of carbonyl (C=O) groups is 1. The molecule has 0 unspecified atom stereocenters. The first-order valence-corrected chi connectivity index (χ1v) is 7.67. The Hall–Kier alpha value is -1.65. The number of dihydropyridines is 1. The zero-order chi connectivity index (χ0) is 16.0. The summed E-state index contributed by atoms with van der Waals surface area (Å²) in [5.41, 5.74) is 2.00. The number of hydrogen-bond donors (Lipinski definition) is 2. The number of benzene rings is 1. The molecule has 1 aromatic rings. The molecule has 2 N–H and O–H groups in total. The van der Waals surface area contributed by atoms with Gasteiger partial charge in [0.05, 0.1) is 12.2 Å². The third kappa shape index (κ3) is 2.69. The van der Waals surface area contributed by atoms with Gasteiger partial charge in [-0.2, -0.15) is 0 Å². The molecule has 0 radical (unpaired) electrons. The SMILES string of the molecule is CC1(C)COc2cc(NC(=O)C3=CC=CNC3(Cl)Cl)ccc21. The van der Waals surface area contributed by atoms with Crippen LogP contribution in [0.15, 0.2) is 42.1 Å². The number of alkyl halides is 2. The van der Waals surface area contributed by atoms with Crippen LogP contribution in [0.3, 0.4) is 0 Å². The zero-order valence-electron chi connectivity index (χ0n) is 12.2. The summed E-state index contributed by atoms with van der Waals surface area (Å²) in [4.78, 5) is 12.3. The Kier molecular flexibility index (Phi) is 3.62. The van der Waals surface area contributed by atoms with Crippen molar-refractivity contribution in [3.63, 3.8) is 0 Å². The molecule has 6 heteroatoms. The number of rotatable bonds is 2. The van der Waals surface area contributed by atoms with Crippen LogP contribution in [0.4, 0.5) is 5.69 Å². The highest BCUT2D eigenvalue weighted by Gasteiger charge is 2.35. The summed E-state index contributed by atoms with van der Waals surface area (Å²) in [6.45, 7) is 4.88. The Morgan fingerprint density at radius 2 is 2.14 bits per heavy atom. The van der Waals surface area contributed by atoms with Crippen molar-refractivity contribution in [2.75, 3.05) is 11.9 Å². The van der Waals surface area contributed by atoms with Crippen LogP contribution in [0, 0.1) is 0 Å². The molecule has 0 aliphatic carbocycles. The van der Waals surface area contributed by atoms with Gasteiger partial charge in [0.25, 0.3) is 5.91 Å². The number of nitrogens with one attached hydrogen (secondary N) is 2. The average Bonchev–Trinajstić information content (AvgIpc) is 2.73. The lowest BCUT2D eigenvalue weighted by Crippen LogP contribution is -2.39. The molecule has 3 rings (SSSR count). The van der Waals surface area contributed by atoms with Gasteiger partial charge in [-0.3, -0.25) is 4.79 Å². The summed E-state index contributed by atoms with van der Waals surface area (Å²) in [5.74, 6) is 0.431. The van der Waals surface area contributed by atoms with Crippen LogP contribution >= 0.6 is 23.2 Å². The fourth-order valence-corrected chi connectivity index (χ4v) is 2.93. The topological polar surface area (TPSA) is 50.4 Å². The first-order valence-electron chi connectivity index (χ1n) is 6.91. The van der Waals surface area contributed by atoms with Crippen molar-refractivity contribution in [2.24, 2.45) is 0 Å². The second kappa shape index (κ2) is 5.21. The minimum atomic E-state index is -1.44. The summed E-state index contributed by atoms with van der Waals surface area (Å²) >= 11 is 12.2. The van der Waals surface area contributed by atoms with E-state index in [1.165, 1.54) is 0 Å². The van der Waals surface area contributed by atoms with Crippen LogP contribution in [0.5, 0.6) is 5.75 Å². The Labute approximate surface area is 139 Å². The summed E-state index contributed by atoms with van der Waals surface area (Å²) < 4.78 is 4.24. The van der Waals surface area contributed by atoms with Gasteiger partial charge in [-0.1, -0.05) is 43.1 Å². The van der Waals surface area contributed by atoms with Crippen molar-refractivity contribution >= 4 is 34.8 Å². The number of allylic oxidation sites excluding steroid dienone is 2. The smallest absolute Gasteiger partial charge is 0.256 e. The van der Waals surface area contributed by atoms with E-state index in [-0.39, 0.29) is 16.9 Å². The zero-order valence-corrected chi connectivity index (χ0v) is 13.8. The number of ether oxygens (including phenoxy) is 1. The lowest BCUT2D eigenvalue weighted by atomic mass is 9.87. The normalized spacial score (nSPS) is 20.5. The minimum Gasteiger partial charge on any atom is -0.492 e. The highest BCUT2D eigenvalue weighted by atomic mass is 35.5. The summed E-state index contributed by atoms with van der Waals surface area (Å²) in [6.07, 6.45) is 4.84. The molecule has 2 aliphatic heterocycles. The Balaban J connectivity index is 1.81. The molecule has 116 valence electrons. The monoisotopic (exact) mass is 338 g/mol. The van der Waals surface area contributed by atoms with Gasteiger partial charge >= 0.3 is 0 Å². The van der Waals surface area contributed by atoms with Crippen LogP contribution in [-0.2, 0) is 10.2 Å². The van der Waals surface area contributed by atoms with Crippen molar-refractivity contribution in [3.8, 4) is 5.75 Å². The van der Waals surface area contributed by atoms with Gasteiger partial charge in [-0.05, 0) is 24.4 Å². The maximum atomic E-state index is 12.3. The molecule has 1 aromatic carbocycles. The molecule has 2 heterocycles. The largest absolute Gasteiger partial charge is 0.492 e. The standard InChI is InChI=1S/C16H16Cl2N2O2/c1-15(2)9-22-13-8-10(5-6-11(13)15)20-14(21)12-4-3-7-19-16(12,17)18/h3-8,19H,9H2,1-2H3,(H,20,21). The average molecular weight is 339 g/mol. The van der Waals surface area contributed by atoms with E-state index in [0.717, 1.165) is 11.3 Å². The molecule has 4 nitrogen and oxygen atoms in total. The molecule has 0 saturated carbocycles. The van der Waals surface area contributed by atoms with Gasteiger partial charge in [0, 0.05) is 22.7 Å². The quantitative estimate of drug-likeness (QED) is 0.641. The number of hydrogen-bond acceptors (Lipinski definition) is 3. The summed E-state index contributed by atoms with van der Waals surface area (Å²) in [7, 11) is 0. The first-order chi connectivity index (χ1) is 10.3. The molecular weight excluding hydrogens is 323 g/mol.